The van der Waals surface area contributed by atoms with Gasteiger partial charge >= 0.3 is 5.69 Å². The largest absolute Gasteiger partial charge is 0.502 e. The van der Waals surface area contributed by atoms with Crippen molar-refractivity contribution in [2.24, 2.45) is 0 Å². The fourth-order valence-corrected chi connectivity index (χ4v) is 5.73. The number of aliphatic hydroxyl groups excluding tert-OH is 1. The maximum atomic E-state index is 13.8. The number of carbonyl (C=O) groups is 2. The van der Waals surface area contributed by atoms with Gasteiger partial charge in [0.15, 0.2) is 5.75 Å². The highest BCUT2D eigenvalue weighted by molar-refractivity contribution is 6.21. The third kappa shape index (κ3) is 6.71. The van der Waals surface area contributed by atoms with Crippen molar-refractivity contribution < 1.29 is 48.4 Å². The van der Waals surface area contributed by atoms with Crippen LogP contribution in [0.4, 0.5) is 5.69 Å². The second kappa shape index (κ2) is 14.2. The van der Waals surface area contributed by atoms with Gasteiger partial charge in [-0.2, -0.15) is 0 Å². The molecular weight excluding hydrogens is 624 g/mol. The molecule has 0 aromatic heterocycles. The Morgan fingerprint density at radius 2 is 1.50 bits per heavy atom. The van der Waals surface area contributed by atoms with E-state index in [0.29, 0.717) is 17.1 Å². The van der Waals surface area contributed by atoms with Gasteiger partial charge in [-0.15, -0.1) is 0 Å². The maximum absolute atomic E-state index is 13.8. The first-order valence-electron chi connectivity index (χ1n) is 15.1. The molecule has 13 nitrogen and oxygen atoms in total. The first-order valence-corrected chi connectivity index (χ1v) is 15.1. The zero-order valence-electron chi connectivity index (χ0n) is 25.7. The number of carbonyl (C=O) groups excluding carboxylic acids is 2. The van der Waals surface area contributed by atoms with Crippen molar-refractivity contribution in [3.8, 4) is 17.2 Å². The minimum atomic E-state index is -1.42. The van der Waals surface area contributed by atoms with Crippen LogP contribution in [0.3, 0.4) is 0 Å². The summed E-state index contributed by atoms with van der Waals surface area (Å²) >= 11 is 0. The van der Waals surface area contributed by atoms with Crippen molar-refractivity contribution in [2.45, 2.75) is 43.9 Å². The lowest BCUT2D eigenvalue weighted by atomic mass is 9.95. The van der Waals surface area contributed by atoms with Crippen LogP contribution in [0.5, 0.6) is 17.2 Å². The highest BCUT2D eigenvalue weighted by Crippen LogP contribution is 2.36. The highest BCUT2D eigenvalue weighted by Gasteiger charge is 2.55. The third-order valence-corrected chi connectivity index (χ3v) is 8.15. The summed E-state index contributed by atoms with van der Waals surface area (Å²) in [5, 5.41) is 32.8. The van der Waals surface area contributed by atoms with Gasteiger partial charge in [0.1, 0.15) is 35.9 Å². The molecule has 2 N–H and O–H groups in total. The molecule has 4 aromatic carbocycles. The Hall–Kier alpha value is -5.34. The van der Waals surface area contributed by atoms with E-state index in [2.05, 4.69) is 0 Å². The molecule has 6 rings (SSSR count). The number of hydrogen-bond acceptors (Lipinski definition) is 11. The molecule has 0 unspecified atom stereocenters. The molecule has 2 aliphatic heterocycles. The van der Waals surface area contributed by atoms with Crippen LogP contribution in [0.15, 0.2) is 97.1 Å². The number of nitrogens with zero attached hydrogens (tertiary/aromatic N) is 2. The molecule has 1 fully saturated rings. The van der Waals surface area contributed by atoms with Gasteiger partial charge in [0.2, 0.25) is 6.29 Å². The molecule has 0 spiro atoms. The zero-order chi connectivity index (χ0) is 33.8. The Balaban J connectivity index is 1.32. The van der Waals surface area contributed by atoms with Crippen LogP contribution in [0.25, 0.3) is 0 Å². The van der Waals surface area contributed by atoms with E-state index in [4.69, 9.17) is 23.7 Å². The molecule has 48 heavy (non-hydrogen) atoms. The number of phenolic OH excluding ortho intramolecular Hbond substituents is 1. The molecule has 5 atom stereocenters. The molecular formula is C35H32N2O11. The number of nitro benzene ring substituents is 1. The molecule has 0 saturated carbocycles. The molecule has 248 valence electrons. The van der Waals surface area contributed by atoms with Gasteiger partial charge in [0.25, 0.3) is 11.8 Å². The Bertz CT molecular complexity index is 1750. The number of hydrogen-bond donors (Lipinski definition) is 2. The summed E-state index contributed by atoms with van der Waals surface area (Å²) in [6.45, 7) is -0.310. The monoisotopic (exact) mass is 656 g/mol. The standard InChI is InChI=1S/C35H32N2O11/c1-44-23-12-14-24(15-13-23)47-35-30(36-33(40)25-9-5-6-10-26(25)34(36)41)32(46-19-21-7-3-2-4-8-21)31(39)29(48-35)20-45-18-22-11-16-28(38)27(17-22)37(42)43/h2-17,29-32,35,38-39H,18-20H2,1H3/t29-,30-,31-,32-,35-/m1/s1. The summed E-state index contributed by atoms with van der Waals surface area (Å²) in [4.78, 5) is 39.1. The average molecular weight is 657 g/mol. The molecule has 4 aromatic rings. The van der Waals surface area contributed by atoms with Crippen LogP contribution in [0.2, 0.25) is 0 Å². The minimum absolute atomic E-state index is 0.0300. The number of fused-ring (bicyclic) bond motifs is 1. The lowest BCUT2D eigenvalue weighted by Crippen LogP contribution is -2.67. The molecule has 0 radical (unpaired) electrons. The Labute approximate surface area is 274 Å². The van der Waals surface area contributed by atoms with Gasteiger partial charge < -0.3 is 33.9 Å². The summed E-state index contributed by atoms with van der Waals surface area (Å²) in [7, 11) is 1.52. The van der Waals surface area contributed by atoms with Crippen molar-refractivity contribution in [2.75, 3.05) is 13.7 Å². The van der Waals surface area contributed by atoms with Gasteiger partial charge in [0, 0.05) is 6.07 Å². The minimum Gasteiger partial charge on any atom is -0.502 e. The molecule has 0 bridgehead atoms. The highest BCUT2D eigenvalue weighted by atomic mass is 16.7. The lowest BCUT2D eigenvalue weighted by molar-refractivity contribution is -0.386. The van der Waals surface area contributed by atoms with Crippen molar-refractivity contribution in [1.29, 1.82) is 0 Å². The Kier molecular flexibility index (Phi) is 9.64. The second-order valence-corrected chi connectivity index (χ2v) is 11.2. The van der Waals surface area contributed by atoms with E-state index in [1.807, 2.05) is 30.3 Å². The fourth-order valence-electron chi connectivity index (χ4n) is 5.73. The number of benzene rings is 4. The van der Waals surface area contributed by atoms with Crippen molar-refractivity contribution in [1.82, 2.24) is 4.90 Å². The number of nitro groups is 1. The van der Waals surface area contributed by atoms with Crippen LogP contribution >= 0.6 is 0 Å². The van der Waals surface area contributed by atoms with Crippen LogP contribution in [-0.2, 0) is 27.4 Å². The topological polar surface area (TPSA) is 167 Å². The zero-order valence-corrected chi connectivity index (χ0v) is 25.7. The maximum Gasteiger partial charge on any atom is 0.311 e. The van der Waals surface area contributed by atoms with E-state index in [0.717, 1.165) is 10.5 Å². The van der Waals surface area contributed by atoms with Crippen LogP contribution in [0.1, 0.15) is 31.8 Å². The molecule has 1 saturated heterocycles. The van der Waals surface area contributed by atoms with E-state index >= 15 is 0 Å². The average Bonchev–Trinajstić information content (AvgIpc) is 3.35. The van der Waals surface area contributed by atoms with E-state index in [9.17, 15) is 29.9 Å². The van der Waals surface area contributed by atoms with Gasteiger partial charge in [-0.1, -0.05) is 48.5 Å². The summed E-state index contributed by atoms with van der Waals surface area (Å²) in [6.07, 6.45) is -5.04. The van der Waals surface area contributed by atoms with Crippen LogP contribution in [0, 0.1) is 10.1 Å². The summed E-state index contributed by atoms with van der Waals surface area (Å²) in [5.74, 6) is -0.750. The summed E-state index contributed by atoms with van der Waals surface area (Å²) in [6, 6.07) is 24.8. The van der Waals surface area contributed by atoms with E-state index in [1.54, 1.807) is 48.5 Å². The van der Waals surface area contributed by atoms with Gasteiger partial charge in [-0.3, -0.25) is 24.6 Å². The van der Waals surface area contributed by atoms with Crippen LogP contribution in [-0.4, -0.2) is 76.2 Å². The smallest absolute Gasteiger partial charge is 0.311 e. The van der Waals surface area contributed by atoms with E-state index in [1.165, 1.54) is 25.3 Å². The molecule has 2 amide bonds. The normalized spacial score (nSPS) is 22.0. The van der Waals surface area contributed by atoms with Crippen molar-refractivity contribution >= 4 is 17.5 Å². The summed E-state index contributed by atoms with van der Waals surface area (Å²) < 4.78 is 30.0. The number of ether oxygens (including phenoxy) is 5. The number of imide groups is 1. The number of phenols is 1. The van der Waals surface area contributed by atoms with Crippen molar-refractivity contribution in [3.63, 3.8) is 0 Å². The van der Waals surface area contributed by atoms with E-state index < -0.39 is 58.8 Å². The Morgan fingerprint density at radius 3 is 2.15 bits per heavy atom. The molecule has 2 aliphatic rings. The number of rotatable bonds is 12. The molecule has 0 aliphatic carbocycles. The fraction of sp³-hybridized carbons (Fsp3) is 0.257. The van der Waals surface area contributed by atoms with Gasteiger partial charge in [0.05, 0.1) is 43.0 Å². The van der Waals surface area contributed by atoms with Crippen molar-refractivity contribution in [3.05, 3.63) is 129 Å². The first-order chi connectivity index (χ1) is 23.2. The predicted octanol–water partition coefficient (Wildman–Crippen LogP) is 4.24. The first kappa shape index (κ1) is 32.6. The van der Waals surface area contributed by atoms with E-state index in [-0.39, 0.29) is 30.9 Å². The molecule has 13 heteroatoms. The quantitative estimate of drug-likeness (QED) is 0.127. The number of aromatic hydroxyl groups is 1. The number of methoxy groups -OCH3 is 1. The number of aliphatic hydroxyl groups is 1. The van der Waals surface area contributed by atoms with Gasteiger partial charge in [-0.05, 0) is 53.6 Å². The molecule has 2 heterocycles. The lowest BCUT2D eigenvalue weighted by Gasteiger charge is -2.46. The SMILES string of the molecule is COc1ccc(O[C@@H]2O[C@H](COCc3ccc(O)c([N+](=O)[O-])c3)[C@@H](O)[C@H](OCc3ccccc3)[C@H]2N2C(=O)c3ccccc3C2=O)cc1. The third-order valence-electron chi connectivity index (χ3n) is 8.15. The van der Waals surface area contributed by atoms with Crippen LogP contribution < -0.4 is 9.47 Å². The predicted molar refractivity (Wildman–Crippen MR) is 168 cm³/mol. The number of amides is 2. The Morgan fingerprint density at radius 1 is 0.854 bits per heavy atom. The van der Waals surface area contributed by atoms with Gasteiger partial charge in [-0.25, -0.2) is 0 Å². The second-order valence-electron chi connectivity index (χ2n) is 11.2. The summed E-state index contributed by atoms with van der Waals surface area (Å²) in [5.41, 5.74) is 1.12.